The number of carbonyl (C=O) groups excluding carboxylic acids is 1. The van der Waals surface area contributed by atoms with Gasteiger partial charge in [-0.3, -0.25) is 4.79 Å². The number of rotatable bonds is 7. The minimum Gasteiger partial charge on any atom is -0.370 e. The summed E-state index contributed by atoms with van der Waals surface area (Å²) in [5.74, 6) is 0.0864. The lowest BCUT2D eigenvalue weighted by Crippen LogP contribution is -2.35. The molecule has 1 N–H and O–H groups in total. The Balaban J connectivity index is 1.98. The quantitative estimate of drug-likeness (QED) is 0.739. The minimum atomic E-state index is -3.61. The minimum absolute atomic E-state index is 0.150. The highest BCUT2D eigenvalue weighted by Crippen LogP contribution is 2.31. The van der Waals surface area contributed by atoms with Crippen molar-refractivity contribution in [3.63, 3.8) is 0 Å². The van der Waals surface area contributed by atoms with Crippen LogP contribution in [0.4, 0.5) is 11.4 Å². The molecule has 2 heterocycles. The van der Waals surface area contributed by atoms with Crippen LogP contribution in [0, 0.1) is 6.92 Å². The monoisotopic (exact) mass is 420 g/mol. The van der Waals surface area contributed by atoms with E-state index < -0.39 is 15.9 Å². The van der Waals surface area contributed by atoms with Crippen molar-refractivity contribution in [2.45, 2.75) is 44.9 Å². The summed E-state index contributed by atoms with van der Waals surface area (Å²) < 4.78 is 32.7. The highest BCUT2D eigenvalue weighted by molar-refractivity contribution is 7.89. The summed E-state index contributed by atoms with van der Waals surface area (Å²) >= 11 is 0. The van der Waals surface area contributed by atoms with Gasteiger partial charge in [-0.05, 0) is 51.8 Å². The molecule has 158 valence electrons. The molecular weight excluding hydrogens is 392 g/mol. The van der Waals surface area contributed by atoms with Gasteiger partial charge in [0.1, 0.15) is 5.76 Å². The molecule has 1 saturated heterocycles. The van der Waals surface area contributed by atoms with E-state index in [0.717, 1.165) is 38.0 Å². The second kappa shape index (κ2) is 8.96. The lowest BCUT2D eigenvalue weighted by Gasteiger charge is -2.28. The summed E-state index contributed by atoms with van der Waals surface area (Å²) in [5, 5.41) is 6.56. The number of anilines is 2. The predicted molar refractivity (Wildman–Crippen MR) is 112 cm³/mol. The van der Waals surface area contributed by atoms with E-state index in [1.165, 1.54) is 4.31 Å². The van der Waals surface area contributed by atoms with Crippen LogP contribution < -0.4 is 10.2 Å². The molecule has 0 atom stereocenters. The molecule has 1 amide bonds. The number of amides is 1. The average Bonchev–Trinajstić information content (AvgIpc) is 3.17. The lowest BCUT2D eigenvalue weighted by molar-refractivity contribution is 0.101. The van der Waals surface area contributed by atoms with Crippen LogP contribution in [0.3, 0.4) is 0 Å². The van der Waals surface area contributed by atoms with E-state index >= 15 is 0 Å². The first-order chi connectivity index (χ1) is 13.9. The van der Waals surface area contributed by atoms with Crippen molar-refractivity contribution >= 4 is 27.3 Å². The number of carbonyl (C=O) groups is 1. The third-order valence-electron chi connectivity index (χ3n) is 5.13. The normalized spacial score (nSPS) is 15.3. The van der Waals surface area contributed by atoms with E-state index in [0.29, 0.717) is 24.5 Å². The number of aromatic nitrogens is 1. The Morgan fingerprint density at radius 2 is 1.86 bits per heavy atom. The fraction of sp³-hybridized carbons (Fsp3) is 0.500. The maximum Gasteiger partial charge on any atom is 0.277 e. The largest absolute Gasteiger partial charge is 0.370 e. The van der Waals surface area contributed by atoms with Gasteiger partial charge in [0, 0.05) is 32.2 Å². The Morgan fingerprint density at radius 1 is 1.17 bits per heavy atom. The van der Waals surface area contributed by atoms with E-state index in [9.17, 15) is 13.2 Å². The molecule has 1 aliphatic rings. The van der Waals surface area contributed by atoms with E-state index in [2.05, 4.69) is 15.4 Å². The molecule has 2 aromatic rings. The van der Waals surface area contributed by atoms with Gasteiger partial charge in [-0.25, -0.2) is 8.42 Å². The van der Waals surface area contributed by atoms with Gasteiger partial charge in [0.05, 0.1) is 16.3 Å². The van der Waals surface area contributed by atoms with Crippen LogP contribution in [0.2, 0.25) is 0 Å². The van der Waals surface area contributed by atoms with Crippen LogP contribution in [0.1, 0.15) is 49.4 Å². The van der Waals surface area contributed by atoms with Crippen LogP contribution in [-0.4, -0.2) is 50.0 Å². The van der Waals surface area contributed by atoms with Gasteiger partial charge in [-0.2, -0.15) is 4.31 Å². The van der Waals surface area contributed by atoms with Gasteiger partial charge >= 0.3 is 0 Å². The first-order valence-electron chi connectivity index (χ1n) is 10.0. The van der Waals surface area contributed by atoms with Gasteiger partial charge in [-0.15, -0.1) is 0 Å². The molecule has 0 radical (unpaired) electrons. The number of benzene rings is 1. The second-order valence-electron chi connectivity index (χ2n) is 7.09. The molecule has 0 unspecified atom stereocenters. The lowest BCUT2D eigenvalue weighted by atomic mass is 10.2. The topological polar surface area (TPSA) is 95.8 Å². The third kappa shape index (κ3) is 4.62. The maximum absolute atomic E-state index is 13.1. The van der Waals surface area contributed by atoms with E-state index in [-0.39, 0.29) is 10.6 Å². The van der Waals surface area contributed by atoms with Crippen molar-refractivity contribution in [2.75, 3.05) is 36.4 Å². The first kappa shape index (κ1) is 21.3. The molecule has 29 heavy (non-hydrogen) atoms. The SMILES string of the molecule is CCN(CC)c1ccc(S(=O)(=O)N2CCCCC2)cc1NC(=O)c1cc(C)on1. The summed E-state index contributed by atoms with van der Waals surface area (Å²) in [6.07, 6.45) is 2.78. The van der Waals surface area contributed by atoms with Gasteiger partial charge in [0.2, 0.25) is 10.0 Å². The van der Waals surface area contributed by atoms with Crippen molar-refractivity contribution in [2.24, 2.45) is 0 Å². The predicted octanol–water partition coefficient (Wildman–Crippen LogP) is 3.26. The van der Waals surface area contributed by atoms with E-state index in [1.807, 2.05) is 13.8 Å². The van der Waals surface area contributed by atoms with Gasteiger partial charge in [-0.1, -0.05) is 11.6 Å². The van der Waals surface area contributed by atoms with Crippen molar-refractivity contribution in [3.8, 4) is 0 Å². The number of nitrogens with zero attached hydrogens (tertiary/aromatic N) is 3. The fourth-order valence-electron chi connectivity index (χ4n) is 3.53. The summed E-state index contributed by atoms with van der Waals surface area (Å²) in [4.78, 5) is 14.9. The molecule has 0 bridgehead atoms. The van der Waals surface area contributed by atoms with Crippen LogP contribution in [0.15, 0.2) is 33.7 Å². The Bertz CT molecular complexity index is 961. The number of sulfonamides is 1. The van der Waals surface area contributed by atoms with E-state index in [4.69, 9.17) is 4.52 Å². The van der Waals surface area contributed by atoms with Crippen molar-refractivity contribution in [1.82, 2.24) is 9.46 Å². The Labute approximate surface area is 171 Å². The van der Waals surface area contributed by atoms with Gasteiger partial charge in [0.25, 0.3) is 5.91 Å². The average molecular weight is 421 g/mol. The van der Waals surface area contributed by atoms with Crippen molar-refractivity contribution in [3.05, 3.63) is 35.7 Å². The zero-order valence-electron chi connectivity index (χ0n) is 17.1. The summed E-state index contributed by atoms with van der Waals surface area (Å²) in [6, 6.07) is 6.46. The molecule has 8 nitrogen and oxygen atoms in total. The molecule has 9 heteroatoms. The number of aryl methyl sites for hydroxylation is 1. The van der Waals surface area contributed by atoms with Crippen molar-refractivity contribution < 1.29 is 17.7 Å². The smallest absolute Gasteiger partial charge is 0.277 e. The second-order valence-corrected chi connectivity index (χ2v) is 9.03. The zero-order valence-corrected chi connectivity index (χ0v) is 18.0. The molecule has 3 rings (SSSR count). The first-order valence-corrected chi connectivity index (χ1v) is 11.4. The zero-order chi connectivity index (χ0) is 21.0. The highest BCUT2D eigenvalue weighted by atomic mass is 32.2. The number of hydrogen-bond donors (Lipinski definition) is 1. The summed E-state index contributed by atoms with van der Waals surface area (Å²) in [7, 11) is -3.61. The van der Waals surface area contributed by atoms with Gasteiger partial charge in [0.15, 0.2) is 5.69 Å². The van der Waals surface area contributed by atoms with Crippen LogP contribution >= 0.6 is 0 Å². The summed E-state index contributed by atoms with van der Waals surface area (Å²) in [5.41, 5.74) is 1.36. The maximum atomic E-state index is 13.1. The molecule has 1 aromatic carbocycles. The molecule has 0 aliphatic carbocycles. The van der Waals surface area contributed by atoms with Gasteiger partial charge < -0.3 is 14.7 Å². The molecular formula is C20H28N4O4S. The summed E-state index contributed by atoms with van der Waals surface area (Å²) in [6.45, 7) is 8.22. The standard InChI is InChI=1S/C20H28N4O4S/c1-4-23(5-2)19-10-9-16(29(26,27)24-11-7-6-8-12-24)14-17(19)21-20(25)18-13-15(3)28-22-18/h9-10,13-14H,4-8,11-12H2,1-3H3,(H,21,25). The third-order valence-corrected chi connectivity index (χ3v) is 7.03. The fourth-order valence-corrected chi connectivity index (χ4v) is 5.07. The molecule has 1 fully saturated rings. The molecule has 1 aromatic heterocycles. The van der Waals surface area contributed by atoms with Crippen LogP contribution in [-0.2, 0) is 10.0 Å². The Hall–Kier alpha value is -2.39. The van der Waals surface area contributed by atoms with Crippen molar-refractivity contribution in [1.29, 1.82) is 0 Å². The number of hydrogen-bond acceptors (Lipinski definition) is 6. The molecule has 0 spiro atoms. The Morgan fingerprint density at radius 3 is 2.45 bits per heavy atom. The van der Waals surface area contributed by atoms with E-state index in [1.54, 1.807) is 31.2 Å². The number of piperidine rings is 1. The van der Waals surface area contributed by atoms with Crippen LogP contribution in [0.5, 0.6) is 0 Å². The molecule has 1 aliphatic heterocycles. The number of nitrogens with one attached hydrogen (secondary N) is 1. The highest BCUT2D eigenvalue weighted by Gasteiger charge is 2.27. The van der Waals surface area contributed by atoms with Crippen LogP contribution in [0.25, 0.3) is 0 Å². The molecule has 0 saturated carbocycles. The Kier molecular flexibility index (Phi) is 6.59.